The number of aromatic amines is 1. The number of rotatable bonds is 1. The third-order valence-electron chi connectivity index (χ3n) is 3.82. The summed E-state index contributed by atoms with van der Waals surface area (Å²) in [5.41, 5.74) is 1.23. The lowest BCUT2D eigenvalue weighted by Crippen LogP contribution is -2.28. The van der Waals surface area contributed by atoms with E-state index in [-0.39, 0.29) is 11.5 Å². The number of nitrogens with zero attached hydrogens (tertiary/aromatic N) is 1. The Morgan fingerprint density at radius 2 is 1.59 bits per heavy atom. The van der Waals surface area contributed by atoms with Crippen LogP contribution in [-0.4, -0.2) is 15.5 Å². The fraction of sp³-hybridized carbons (Fsp3) is 0. The molecule has 0 radical (unpaired) electrons. The number of fused-ring (bicyclic) bond motifs is 3. The van der Waals surface area contributed by atoms with Gasteiger partial charge in [0.15, 0.2) is 0 Å². The second-order valence-corrected chi connectivity index (χ2v) is 5.10. The molecule has 1 N–H and O–H groups in total. The van der Waals surface area contributed by atoms with Gasteiger partial charge in [-0.15, -0.1) is 0 Å². The average Bonchev–Trinajstić information content (AvgIpc) is 3.06. The highest BCUT2D eigenvalue weighted by molar-refractivity contribution is 6.10. The van der Waals surface area contributed by atoms with Gasteiger partial charge in [-0.05, 0) is 24.3 Å². The Labute approximate surface area is 125 Å². The highest BCUT2D eigenvalue weighted by atomic mass is 16.2. The van der Waals surface area contributed by atoms with E-state index >= 15 is 0 Å². The van der Waals surface area contributed by atoms with Gasteiger partial charge in [-0.2, -0.15) is 0 Å². The molecule has 4 aromatic rings. The van der Waals surface area contributed by atoms with Gasteiger partial charge < -0.3 is 4.98 Å². The van der Waals surface area contributed by atoms with Crippen molar-refractivity contribution in [1.29, 1.82) is 0 Å². The third kappa shape index (κ3) is 1.71. The summed E-state index contributed by atoms with van der Waals surface area (Å²) in [5.74, 6) is -0.321. The van der Waals surface area contributed by atoms with Gasteiger partial charge in [0.2, 0.25) is 0 Å². The molecule has 4 nitrogen and oxygen atoms in total. The molecule has 4 heteroatoms. The zero-order valence-electron chi connectivity index (χ0n) is 11.6. The summed E-state index contributed by atoms with van der Waals surface area (Å²) in [6.45, 7) is 0. The number of H-pyrrole nitrogens is 1. The monoisotopic (exact) mass is 288 g/mol. The van der Waals surface area contributed by atoms with Crippen LogP contribution in [0.25, 0.3) is 21.8 Å². The topological polar surface area (TPSA) is 54.9 Å². The number of nitrogens with one attached hydrogen (secondary N) is 1. The molecule has 4 rings (SSSR count). The molecule has 0 fully saturated rings. The lowest BCUT2D eigenvalue weighted by atomic mass is 10.1. The first-order chi connectivity index (χ1) is 10.8. The van der Waals surface area contributed by atoms with Crippen LogP contribution in [0, 0.1) is 0 Å². The van der Waals surface area contributed by atoms with Gasteiger partial charge in [-0.3, -0.25) is 9.59 Å². The molecule has 2 heterocycles. The summed E-state index contributed by atoms with van der Waals surface area (Å²) in [4.78, 5) is 28.5. The van der Waals surface area contributed by atoms with E-state index in [2.05, 4.69) is 4.98 Å². The van der Waals surface area contributed by atoms with Gasteiger partial charge in [-0.25, -0.2) is 4.57 Å². The second kappa shape index (κ2) is 4.70. The van der Waals surface area contributed by atoms with Crippen molar-refractivity contribution in [3.8, 4) is 0 Å². The van der Waals surface area contributed by atoms with Crippen LogP contribution >= 0.6 is 0 Å². The number of benzene rings is 2. The number of pyridine rings is 1. The predicted molar refractivity (Wildman–Crippen MR) is 86.2 cm³/mol. The SMILES string of the molecule is O=C(c1ccccc1)n1c(=O)c2[nH]ccc2c2ccccc21. The lowest BCUT2D eigenvalue weighted by molar-refractivity contribution is 0.0961. The van der Waals surface area contributed by atoms with Crippen LogP contribution in [0.15, 0.2) is 71.7 Å². The molecule has 0 unspecified atom stereocenters. The normalized spacial score (nSPS) is 11.1. The van der Waals surface area contributed by atoms with E-state index in [1.165, 1.54) is 4.57 Å². The smallest absolute Gasteiger partial charge is 0.282 e. The summed E-state index contributed by atoms with van der Waals surface area (Å²) >= 11 is 0. The zero-order valence-corrected chi connectivity index (χ0v) is 11.6. The van der Waals surface area contributed by atoms with E-state index in [1.807, 2.05) is 30.3 Å². The summed E-state index contributed by atoms with van der Waals surface area (Å²) in [5, 5.41) is 1.71. The molecule has 0 aliphatic rings. The molecule has 0 atom stereocenters. The first kappa shape index (κ1) is 12.6. The van der Waals surface area contributed by atoms with Crippen LogP contribution in [0.2, 0.25) is 0 Å². The molecule has 106 valence electrons. The quantitative estimate of drug-likeness (QED) is 0.585. The van der Waals surface area contributed by atoms with Crippen molar-refractivity contribution in [1.82, 2.24) is 9.55 Å². The Morgan fingerprint density at radius 1 is 0.864 bits per heavy atom. The lowest BCUT2D eigenvalue weighted by Gasteiger charge is -2.10. The van der Waals surface area contributed by atoms with Crippen LogP contribution < -0.4 is 5.56 Å². The number of hydrogen-bond acceptors (Lipinski definition) is 2. The van der Waals surface area contributed by atoms with Gasteiger partial charge in [0.25, 0.3) is 11.5 Å². The van der Waals surface area contributed by atoms with E-state index in [0.717, 1.165) is 10.8 Å². The summed E-state index contributed by atoms with van der Waals surface area (Å²) in [6, 6.07) is 18.1. The first-order valence-corrected chi connectivity index (χ1v) is 6.98. The second-order valence-electron chi connectivity index (χ2n) is 5.10. The number of aromatic nitrogens is 2. The zero-order chi connectivity index (χ0) is 15.1. The highest BCUT2D eigenvalue weighted by Crippen LogP contribution is 2.22. The number of carbonyl (C=O) groups is 1. The molecule has 2 aromatic carbocycles. The van der Waals surface area contributed by atoms with Gasteiger partial charge in [0, 0.05) is 22.5 Å². The molecule has 0 aliphatic heterocycles. The van der Waals surface area contributed by atoms with E-state index in [4.69, 9.17) is 0 Å². The number of hydrogen-bond donors (Lipinski definition) is 1. The first-order valence-electron chi connectivity index (χ1n) is 6.98. The summed E-state index contributed by atoms with van der Waals surface area (Å²) in [6.07, 6.45) is 1.72. The van der Waals surface area contributed by atoms with Crippen molar-refractivity contribution in [3.05, 3.63) is 82.8 Å². The maximum atomic E-state index is 12.8. The minimum absolute atomic E-state index is 0.321. The Hall–Kier alpha value is -3.14. The third-order valence-corrected chi connectivity index (χ3v) is 3.82. The van der Waals surface area contributed by atoms with Crippen molar-refractivity contribution >= 4 is 27.7 Å². The Balaban J connectivity index is 2.14. The minimum atomic E-state index is -0.326. The largest absolute Gasteiger partial charge is 0.357 e. The predicted octanol–water partition coefficient (Wildman–Crippen LogP) is 3.17. The van der Waals surface area contributed by atoms with Gasteiger partial charge in [0.1, 0.15) is 5.52 Å². The molecular weight excluding hydrogens is 276 g/mol. The number of para-hydroxylation sites is 1. The Kier molecular flexibility index (Phi) is 2.69. The van der Waals surface area contributed by atoms with Gasteiger partial charge in [-0.1, -0.05) is 36.4 Å². The standard InChI is InChI=1S/C18H12N2O2/c21-17(12-6-2-1-3-7-12)20-15-9-5-4-8-13(15)14-10-11-19-16(14)18(20)22/h1-11,19H. The van der Waals surface area contributed by atoms with E-state index in [1.54, 1.807) is 36.5 Å². The van der Waals surface area contributed by atoms with Crippen molar-refractivity contribution in [2.75, 3.05) is 0 Å². The van der Waals surface area contributed by atoms with Crippen molar-refractivity contribution < 1.29 is 4.79 Å². The summed E-state index contributed by atoms with van der Waals surface area (Å²) in [7, 11) is 0. The maximum Gasteiger partial charge on any atom is 0.282 e. The van der Waals surface area contributed by atoms with E-state index in [9.17, 15) is 9.59 Å². The molecule has 0 saturated heterocycles. The van der Waals surface area contributed by atoms with Crippen LogP contribution in [0.4, 0.5) is 0 Å². The van der Waals surface area contributed by atoms with Crippen molar-refractivity contribution in [3.63, 3.8) is 0 Å². The molecule has 2 aromatic heterocycles. The summed E-state index contributed by atoms with van der Waals surface area (Å²) < 4.78 is 1.24. The average molecular weight is 288 g/mol. The van der Waals surface area contributed by atoms with Gasteiger partial charge >= 0.3 is 0 Å². The molecule has 0 bridgehead atoms. The van der Waals surface area contributed by atoms with Crippen LogP contribution in [0.3, 0.4) is 0 Å². The van der Waals surface area contributed by atoms with Crippen molar-refractivity contribution in [2.24, 2.45) is 0 Å². The van der Waals surface area contributed by atoms with E-state index in [0.29, 0.717) is 16.6 Å². The maximum absolute atomic E-state index is 12.8. The fourth-order valence-corrected chi connectivity index (χ4v) is 2.80. The highest BCUT2D eigenvalue weighted by Gasteiger charge is 2.17. The van der Waals surface area contributed by atoms with Crippen molar-refractivity contribution in [2.45, 2.75) is 0 Å². The molecule has 22 heavy (non-hydrogen) atoms. The minimum Gasteiger partial charge on any atom is -0.357 e. The molecule has 0 saturated carbocycles. The van der Waals surface area contributed by atoms with E-state index < -0.39 is 0 Å². The Bertz CT molecular complexity index is 1060. The molecular formula is C18H12N2O2. The molecule has 0 aliphatic carbocycles. The molecule has 0 amide bonds. The molecule has 0 spiro atoms. The van der Waals surface area contributed by atoms with Crippen LogP contribution in [0.1, 0.15) is 10.4 Å². The van der Waals surface area contributed by atoms with Crippen LogP contribution in [0.5, 0.6) is 0 Å². The fourth-order valence-electron chi connectivity index (χ4n) is 2.80. The van der Waals surface area contributed by atoms with Gasteiger partial charge in [0.05, 0.1) is 5.52 Å². The number of carbonyl (C=O) groups excluding carboxylic acids is 1. The van der Waals surface area contributed by atoms with Crippen LogP contribution in [-0.2, 0) is 0 Å². The Morgan fingerprint density at radius 3 is 2.41 bits per heavy atom.